The van der Waals surface area contributed by atoms with E-state index in [-0.39, 0.29) is 6.61 Å². The van der Waals surface area contributed by atoms with Crippen molar-refractivity contribution in [2.45, 2.75) is 25.3 Å². The minimum atomic E-state index is -5.03. The number of rotatable bonds is 4. The number of aromatic nitrogens is 2. The average molecular weight is 296 g/mol. The lowest BCUT2D eigenvalue weighted by atomic mass is 10.0. The molecule has 1 rings (SSSR count). The summed E-state index contributed by atoms with van der Waals surface area (Å²) in [5.74, 6) is -1.35. The zero-order valence-electron chi connectivity index (χ0n) is 10.1. The molecule has 3 N–H and O–H groups in total. The first-order chi connectivity index (χ1) is 9.20. The van der Waals surface area contributed by atoms with E-state index in [0.717, 1.165) is 0 Å². The van der Waals surface area contributed by atoms with Crippen LogP contribution in [0.25, 0.3) is 0 Å². The molecule has 20 heavy (non-hydrogen) atoms. The number of nitrogens with zero attached hydrogens (tertiary/aromatic N) is 1. The number of carbonyl (C=O) groups is 1. The number of alkyl halides is 3. The summed E-state index contributed by atoms with van der Waals surface area (Å²) in [7, 11) is 0. The predicted molar refractivity (Wildman–Crippen MR) is 57.5 cm³/mol. The Kier molecular flexibility index (Phi) is 4.84. The fourth-order valence-electron chi connectivity index (χ4n) is 1.42. The van der Waals surface area contributed by atoms with Crippen LogP contribution in [0.1, 0.15) is 24.3 Å². The molecule has 2 atom stereocenters. The second kappa shape index (κ2) is 6.01. The molecule has 0 fully saturated rings. The molecule has 0 aliphatic carbocycles. The third-order valence-electron chi connectivity index (χ3n) is 2.28. The Balaban J connectivity index is 3.25. The number of aliphatic hydroxyl groups is 2. The number of nitrogens with one attached hydrogen (secondary N) is 1. The van der Waals surface area contributed by atoms with Gasteiger partial charge in [-0.15, -0.1) is 0 Å². The molecule has 0 radical (unpaired) electrons. The first-order valence-corrected chi connectivity index (χ1v) is 5.37. The Bertz CT molecular complexity index is 542. The van der Waals surface area contributed by atoms with Gasteiger partial charge in [-0.05, 0) is 6.92 Å². The number of esters is 1. The number of ether oxygens (including phenoxy) is 1. The Labute approximate surface area is 110 Å². The highest BCUT2D eigenvalue weighted by Gasteiger charge is 2.41. The third kappa shape index (κ3) is 3.33. The lowest BCUT2D eigenvalue weighted by molar-refractivity contribution is -0.161. The monoisotopic (exact) mass is 296 g/mol. The molecule has 0 saturated heterocycles. The maximum atomic E-state index is 12.7. The number of carbonyl (C=O) groups excluding carboxylic acids is 1. The summed E-state index contributed by atoms with van der Waals surface area (Å²) in [5, 5.41) is 19.0. The number of H-pyrrole nitrogens is 1. The first-order valence-electron chi connectivity index (χ1n) is 5.37. The molecule has 0 bridgehead atoms. The van der Waals surface area contributed by atoms with Crippen molar-refractivity contribution in [2.75, 3.05) is 6.61 Å². The van der Waals surface area contributed by atoms with Crippen molar-refractivity contribution < 1.29 is 32.9 Å². The van der Waals surface area contributed by atoms with E-state index >= 15 is 0 Å². The van der Waals surface area contributed by atoms with Gasteiger partial charge < -0.3 is 19.9 Å². The van der Waals surface area contributed by atoms with Crippen molar-refractivity contribution in [3.63, 3.8) is 0 Å². The molecule has 7 nitrogen and oxygen atoms in total. The molecular weight excluding hydrogens is 285 g/mol. The number of aromatic amines is 1. The van der Waals surface area contributed by atoms with E-state index < -0.39 is 41.2 Å². The largest absolute Gasteiger partial charge is 0.464 e. The van der Waals surface area contributed by atoms with Gasteiger partial charge in [-0.2, -0.15) is 13.2 Å². The Morgan fingerprint density at radius 3 is 2.60 bits per heavy atom. The molecule has 1 aromatic rings. The van der Waals surface area contributed by atoms with E-state index in [1.54, 1.807) is 0 Å². The van der Waals surface area contributed by atoms with Gasteiger partial charge >= 0.3 is 12.1 Å². The maximum absolute atomic E-state index is 12.7. The van der Waals surface area contributed by atoms with Gasteiger partial charge in [0.1, 0.15) is 6.10 Å². The summed E-state index contributed by atoms with van der Waals surface area (Å²) in [6.07, 6.45) is -9.28. The average Bonchev–Trinajstić information content (AvgIpc) is 2.36. The van der Waals surface area contributed by atoms with Crippen LogP contribution in [0, 0.1) is 0 Å². The molecule has 0 saturated carbocycles. The minimum Gasteiger partial charge on any atom is -0.464 e. The summed E-state index contributed by atoms with van der Waals surface area (Å²) in [6.45, 7) is 1.24. The highest BCUT2D eigenvalue weighted by Crippen LogP contribution is 2.32. The highest BCUT2D eigenvalue weighted by molar-refractivity contribution is 5.75. The van der Waals surface area contributed by atoms with Gasteiger partial charge in [0.05, 0.1) is 18.5 Å². The van der Waals surface area contributed by atoms with Crippen LogP contribution in [-0.2, 0) is 15.7 Å². The second-order valence-corrected chi connectivity index (χ2v) is 3.63. The zero-order valence-corrected chi connectivity index (χ0v) is 10.1. The van der Waals surface area contributed by atoms with E-state index in [2.05, 4.69) is 9.72 Å². The summed E-state index contributed by atoms with van der Waals surface area (Å²) >= 11 is 0. The van der Waals surface area contributed by atoms with Gasteiger partial charge in [-0.3, -0.25) is 4.79 Å². The molecule has 112 valence electrons. The number of halogens is 3. The summed E-state index contributed by atoms with van der Waals surface area (Å²) in [6, 6.07) is 0. The highest BCUT2D eigenvalue weighted by atomic mass is 19.4. The van der Waals surface area contributed by atoms with Crippen LogP contribution in [0.3, 0.4) is 0 Å². The van der Waals surface area contributed by atoms with Gasteiger partial charge in [0, 0.05) is 0 Å². The summed E-state index contributed by atoms with van der Waals surface area (Å²) < 4.78 is 42.4. The Morgan fingerprint density at radius 1 is 1.50 bits per heavy atom. The SMILES string of the molecule is CCOC(=O)C(O)C(O)c1c(C(F)(F)F)nc[nH]c1=O. The van der Waals surface area contributed by atoms with Crippen LogP contribution < -0.4 is 5.56 Å². The molecule has 0 aliphatic rings. The Morgan fingerprint density at radius 2 is 2.10 bits per heavy atom. The van der Waals surface area contributed by atoms with E-state index in [0.29, 0.717) is 6.33 Å². The molecule has 1 heterocycles. The lowest BCUT2D eigenvalue weighted by Gasteiger charge is -2.18. The number of hydrogen-bond donors (Lipinski definition) is 3. The molecule has 0 aromatic carbocycles. The zero-order chi connectivity index (χ0) is 15.5. The van der Waals surface area contributed by atoms with Crippen molar-refractivity contribution in [3.8, 4) is 0 Å². The minimum absolute atomic E-state index is 0.155. The summed E-state index contributed by atoms with van der Waals surface area (Å²) in [5.41, 5.74) is -4.25. The van der Waals surface area contributed by atoms with Gasteiger partial charge in [0.25, 0.3) is 5.56 Å². The van der Waals surface area contributed by atoms with E-state index in [4.69, 9.17) is 0 Å². The number of aliphatic hydroxyl groups excluding tert-OH is 2. The summed E-state index contributed by atoms with van der Waals surface area (Å²) in [4.78, 5) is 27.3. The standard InChI is InChI=1S/C10H11F3N2O5/c1-2-20-9(19)6(17)5(16)4-7(10(11,12)13)14-3-15-8(4)18/h3,5-6,16-17H,2H2,1H3,(H,14,15,18). The third-order valence-corrected chi connectivity index (χ3v) is 2.28. The van der Waals surface area contributed by atoms with Gasteiger partial charge in [0.15, 0.2) is 11.8 Å². The molecule has 0 spiro atoms. The fourth-order valence-corrected chi connectivity index (χ4v) is 1.42. The van der Waals surface area contributed by atoms with Gasteiger partial charge in [-0.25, -0.2) is 9.78 Å². The van der Waals surface area contributed by atoms with Crippen LogP contribution in [0.15, 0.2) is 11.1 Å². The normalized spacial score (nSPS) is 14.7. The first kappa shape index (κ1) is 16.1. The van der Waals surface area contributed by atoms with Crippen LogP contribution in [0.2, 0.25) is 0 Å². The van der Waals surface area contributed by atoms with Crippen LogP contribution >= 0.6 is 0 Å². The fraction of sp³-hybridized carbons (Fsp3) is 0.500. The molecule has 0 amide bonds. The smallest absolute Gasteiger partial charge is 0.433 e. The van der Waals surface area contributed by atoms with Crippen molar-refractivity contribution in [3.05, 3.63) is 27.9 Å². The van der Waals surface area contributed by atoms with Crippen LogP contribution in [0.5, 0.6) is 0 Å². The van der Waals surface area contributed by atoms with Crippen molar-refractivity contribution in [1.82, 2.24) is 9.97 Å². The van der Waals surface area contributed by atoms with Crippen molar-refractivity contribution in [1.29, 1.82) is 0 Å². The maximum Gasteiger partial charge on any atom is 0.433 e. The van der Waals surface area contributed by atoms with Crippen LogP contribution in [0.4, 0.5) is 13.2 Å². The van der Waals surface area contributed by atoms with Gasteiger partial charge in [0.2, 0.25) is 0 Å². The van der Waals surface area contributed by atoms with Crippen molar-refractivity contribution in [2.24, 2.45) is 0 Å². The van der Waals surface area contributed by atoms with E-state index in [9.17, 15) is 33.0 Å². The topological polar surface area (TPSA) is 113 Å². The second-order valence-electron chi connectivity index (χ2n) is 3.63. The molecule has 1 aromatic heterocycles. The van der Waals surface area contributed by atoms with E-state index in [1.165, 1.54) is 6.92 Å². The lowest BCUT2D eigenvalue weighted by Crippen LogP contribution is -2.35. The quantitative estimate of drug-likeness (QED) is 0.660. The number of hydrogen-bond acceptors (Lipinski definition) is 6. The van der Waals surface area contributed by atoms with Crippen molar-refractivity contribution >= 4 is 5.97 Å². The molecule has 2 unspecified atom stereocenters. The predicted octanol–water partition coefficient (Wildman–Crippen LogP) is -0.254. The molecule has 0 aliphatic heterocycles. The molecule has 10 heteroatoms. The molecular formula is C10H11F3N2O5. The van der Waals surface area contributed by atoms with Gasteiger partial charge in [-0.1, -0.05) is 0 Å². The van der Waals surface area contributed by atoms with E-state index in [1.807, 2.05) is 4.98 Å². The Hall–Kier alpha value is -1.94. The van der Waals surface area contributed by atoms with Crippen LogP contribution in [-0.4, -0.2) is 38.9 Å².